The zero-order chi connectivity index (χ0) is 19.1. The average Bonchev–Trinajstić information content (AvgIpc) is 2.63. The predicted molar refractivity (Wildman–Crippen MR) is 125 cm³/mol. The third-order valence-electron chi connectivity index (χ3n) is 3.57. The van der Waals surface area contributed by atoms with Gasteiger partial charge >= 0.3 is 50.9 Å². The monoisotopic (exact) mass is 646 g/mol. The van der Waals surface area contributed by atoms with Gasteiger partial charge in [-0.05, 0) is 30.7 Å². The Bertz CT molecular complexity index is 794. The van der Waals surface area contributed by atoms with Crippen LogP contribution < -0.4 is 33.1 Å². The molecular weight excluding hydrogens is 630 g/mol. The molecule has 0 aliphatic heterocycles. The fraction of sp³-hybridized carbons (Fsp3) is 0. The molecule has 8 heteroatoms. The average molecular weight is 648 g/mol. The van der Waals surface area contributed by atoms with Gasteiger partial charge in [0.25, 0.3) is 0 Å². The second-order valence-corrected chi connectivity index (χ2v) is 31.4. The molecule has 0 heterocycles. The Morgan fingerprint density at radius 1 is 0.615 bits per heavy atom. The third-order valence-corrected chi connectivity index (χ3v) is 6.07. The molecule has 0 bridgehead atoms. The summed E-state index contributed by atoms with van der Waals surface area (Å²) in [6.45, 7) is 0. The second kappa shape index (κ2) is 10.8. The Balaban J connectivity index is 0.000000552. The van der Waals surface area contributed by atoms with Crippen molar-refractivity contribution in [1.82, 2.24) is 0 Å². The molecule has 26 heavy (non-hydrogen) atoms. The van der Waals surface area contributed by atoms with Crippen molar-refractivity contribution in [2.24, 2.45) is 0 Å². The van der Waals surface area contributed by atoms with E-state index in [0.29, 0.717) is 17.1 Å². The zero-order valence-corrected chi connectivity index (χ0v) is 21.0. The van der Waals surface area contributed by atoms with Crippen molar-refractivity contribution in [2.45, 2.75) is 0 Å². The van der Waals surface area contributed by atoms with Crippen LogP contribution in [0.2, 0.25) is 0 Å². The van der Waals surface area contributed by atoms with E-state index in [9.17, 15) is 0 Å². The summed E-state index contributed by atoms with van der Waals surface area (Å²) in [7, 11) is -1.49. The number of hydrogen-bond donors (Lipinski definition) is 3. The van der Waals surface area contributed by atoms with E-state index in [1.54, 1.807) is 0 Å². The van der Waals surface area contributed by atoms with Gasteiger partial charge in [-0.25, -0.2) is 0 Å². The van der Waals surface area contributed by atoms with E-state index in [4.69, 9.17) is 17.2 Å². The van der Waals surface area contributed by atoms with Crippen LogP contribution in [0.4, 0.5) is 17.1 Å². The zero-order valence-electron chi connectivity index (χ0n) is 13.6. The molecule has 3 aromatic rings. The Hall–Kier alpha value is -0.447. The van der Waals surface area contributed by atoms with E-state index < -0.39 is 18.0 Å². The van der Waals surface area contributed by atoms with Gasteiger partial charge in [-0.3, -0.25) is 0 Å². The minimum absolute atomic E-state index is 0.469. The van der Waals surface area contributed by atoms with Crippen LogP contribution in [0.25, 0.3) is 0 Å². The van der Waals surface area contributed by atoms with Crippen molar-refractivity contribution in [2.75, 3.05) is 17.2 Å². The van der Waals surface area contributed by atoms with Gasteiger partial charge in [-0.2, -0.15) is 0 Å². The van der Waals surface area contributed by atoms with Crippen molar-refractivity contribution < 1.29 is 10.1 Å². The molecule has 0 saturated carbocycles. The molecule has 0 atom stereocenters. The second-order valence-electron chi connectivity index (χ2n) is 5.16. The molecule has 0 aromatic heterocycles. The standard InChI is InChI=1S/C18H18N3P.3BrH.Ru/c19-15-11-12-16(18(21)17(15)20)22(13-7-3-1-4-8-13)14-9-5-2-6-10-14;;;;/h1-12H,19-21H2;3*1H;/q;;;;+3/p-3. The molecular formula is C18H18Br3N3PRu. The molecule has 0 saturated heterocycles. The van der Waals surface area contributed by atoms with E-state index >= 15 is 0 Å². The van der Waals surface area contributed by atoms with Crippen LogP contribution in [0.5, 0.6) is 0 Å². The van der Waals surface area contributed by atoms with Crippen molar-refractivity contribution >= 4 is 81.8 Å². The maximum absolute atomic E-state index is 6.27. The van der Waals surface area contributed by atoms with Crippen LogP contribution in [0.1, 0.15) is 0 Å². The quantitative estimate of drug-likeness (QED) is 0.219. The topological polar surface area (TPSA) is 78.1 Å². The maximum atomic E-state index is 6.27. The van der Waals surface area contributed by atoms with Crippen molar-refractivity contribution in [3.63, 3.8) is 0 Å². The van der Waals surface area contributed by atoms with Gasteiger partial charge in [-0.15, -0.1) is 0 Å². The summed E-state index contributed by atoms with van der Waals surface area (Å²) in [4.78, 5) is 0. The molecule has 3 nitrogen and oxygen atoms in total. The Morgan fingerprint density at radius 2 is 1.04 bits per heavy atom. The van der Waals surface area contributed by atoms with Gasteiger partial charge in [-0.1, -0.05) is 60.7 Å². The fourth-order valence-electron chi connectivity index (χ4n) is 2.42. The van der Waals surface area contributed by atoms with Crippen LogP contribution in [0, 0.1) is 0 Å². The summed E-state index contributed by atoms with van der Waals surface area (Å²) in [6.07, 6.45) is 0. The predicted octanol–water partition coefficient (Wildman–Crippen LogP) is 4.73. The van der Waals surface area contributed by atoms with Gasteiger partial charge in [0.15, 0.2) is 0 Å². The summed E-state index contributed by atoms with van der Waals surface area (Å²) in [5.41, 5.74) is 19.8. The van der Waals surface area contributed by atoms with Gasteiger partial charge in [0.1, 0.15) is 0 Å². The first kappa shape index (κ1) is 21.8. The third kappa shape index (κ3) is 6.04. The van der Waals surface area contributed by atoms with E-state index in [1.807, 2.05) is 48.5 Å². The van der Waals surface area contributed by atoms with E-state index in [1.165, 1.54) is 10.6 Å². The SMILES string of the molecule is Nc1ccc(P(c2ccccc2)c2ccccc2)c(N)c1N.[Br][Ru]([Br])[Br]. The van der Waals surface area contributed by atoms with Crippen LogP contribution in [0.15, 0.2) is 72.8 Å². The summed E-state index contributed by atoms with van der Waals surface area (Å²) in [5, 5.41) is 3.51. The molecule has 0 amide bonds. The Labute approximate surface area is 180 Å². The van der Waals surface area contributed by atoms with Crippen LogP contribution in [-0.4, -0.2) is 0 Å². The van der Waals surface area contributed by atoms with Gasteiger partial charge in [0.2, 0.25) is 0 Å². The van der Waals surface area contributed by atoms with Crippen LogP contribution in [-0.2, 0) is 10.1 Å². The summed E-state index contributed by atoms with van der Waals surface area (Å²) < 4.78 is 0. The molecule has 0 aliphatic rings. The first-order valence-electron chi connectivity index (χ1n) is 7.42. The number of anilines is 3. The summed E-state index contributed by atoms with van der Waals surface area (Å²) in [6, 6.07) is 24.6. The van der Waals surface area contributed by atoms with E-state index in [0.717, 1.165) is 5.30 Å². The van der Waals surface area contributed by atoms with Crippen molar-refractivity contribution in [1.29, 1.82) is 0 Å². The first-order chi connectivity index (χ1) is 12.4. The molecule has 0 radical (unpaired) electrons. The number of nitrogen functional groups attached to an aromatic ring is 3. The van der Waals surface area contributed by atoms with Gasteiger partial charge in [0, 0.05) is 5.30 Å². The Kier molecular flexibility index (Phi) is 9.06. The normalized spacial score (nSPS) is 10.8. The summed E-state index contributed by atoms with van der Waals surface area (Å²) >= 11 is 9.74. The fourth-order valence-corrected chi connectivity index (χ4v) is 4.80. The molecule has 3 aromatic carbocycles. The molecule has 139 valence electrons. The molecule has 0 spiro atoms. The number of nitrogens with two attached hydrogens (primary N) is 3. The molecule has 3 rings (SSSR count). The van der Waals surface area contributed by atoms with Crippen LogP contribution >= 0.6 is 48.8 Å². The van der Waals surface area contributed by atoms with Crippen molar-refractivity contribution in [3.05, 3.63) is 72.8 Å². The van der Waals surface area contributed by atoms with Crippen molar-refractivity contribution in [3.8, 4) is 0 Å². The first-order valence-corrected chi connectivity index (χ1v) is 20.7. The molecule has 0 unspecified atom stereocenters. The number of hydrogen-bond acceptors (Lipinski definition) is 3. The summed E-state index contributed by atoms with van der Waals surface area (Å²) in [5.74, 6) is 0. The molecule has 0 aliphatic carbocycles. The van der Waals surface area contributed by atoms with E-state index in [-0.39, 0.29) is 0 Å². The van der Waals surface area contributed by atoms with Crippen LogP contribution in [0.3, 0.4) is 0 Å². The molecule has 0 fully saturated rings. The van der Waals surface area contributed by atoms with Gasteiger partial charge in [0.05, 0.1) is 17.1 Å². The van der Waals surface area contributed by atoms with Gasteiger partial charge < -0.3 is 17.2 Å². The number of rotatable bonds is 3. The minimum atomic E-state index is -0.756. The molecule has 6 N–H and O–H groups in total. The Morgan fingerprint density at radius 3 is 1.46 bits per heavy atom. The number of benzene rings is 3. The number of halogens is 3. The van der Waals surface area contributed by atoms with E-state index in [2.05, 4.69) is 65.1 Å².